The predicted molar refractivity (Wildman–Crippen MR) is 52.9 cm³/mol. The Labute approximate surface area is 79.1 Å². The molecule has 0 aromatic heterocycles. The van der Waals surface area contributed by atoms with E-state index < -0.39 is 0 Å². The molecule has 0 N–H and O–H groups in total. The first kappa shape index (κ1) is 11.7. The van der Waals surface area contributed by atoms with Crippen LogP contribution in [0.2, 0.25) is 0 Å². The van der Waals surface area contributed by atoms with Crippen LogP contribution in [0.3, 0.4) is 0 Å². The lowest BCUT2D eigenvalue weighted by atomic mass is 10.1. The second-order valence-corrected chi connectivity index (χ2v) is 3.03. The van der Waals surface area contributed by atoms with Crippen LogP contribution in [0, 0.1) is 5.92 Å². The fourth-order valence-electron chi connectivity index (χ4n) is 0.942. The molecule has 0 nitrogen and oxygen atoms in total. The minimum Gasteiger partial charge on any atom is -0.207 e. The Morgan fingerprint density at radius 1 is 1.50 bits per heavy atom. The van der Waals surface area contributed by atoms with E-state index in [1.54, 1.807) is 6.08 Å². The molecule has 0 aliphatic heterocycles. The monoisotopic (exact) mass is 190 g/mol. The molecule has 0 amide bonds. The zero-order chi connectivity index (χ0) is 9.56. The number of halogens is 2. The first-order chi connectivity index (χ1) is 5.70. The van der Waals surface area contributed by atoms with Gasteiger partial charge in [0.15, 0.2) is 0 Å². The number of hydrogen-bond donors (Lipinski definition) is 0. The second-order valence-electron chi connectivity index (χ2n) is 2.60. The first-order valence-electron chi connectivity index (χ1n) is 4.43. The van der Waals surface area contributed by atoms with Gasteiger partial charge in [-0.2, -0.15) is 0 Å². The molecule has 0 aromatic rings. The molecule has 1 unspecified atom stereocenters. The van der Waals surface area contributed by atoms with E-state index >= 15 is 0 Å². The van der Waals surface area contributed by atoms with Crippen molar-refractivity contribution < 1.29 is 4.39 Å². The van der Waals surface area contributed by atoms with Gasteiger partial charge in [-0.1, -0.05) is 32.4 Å². The summed E-state index contributed by atoms with van der Waals surface area (Å²) in [6, 6.07) is 0. The van der Waals surface area contributed by atoms with Gasteiger partial charge in [0.25, 0.3) is 0 Å². The molecular formula is C10H16ClF. The molecule has 0 heterocycles. The zero-order valence-electron chi connectivity index (χ0n) is 7.90. The van der Waals surface area contributed by atoms with Gasteiger partial charge in [-0.25, -0.2) is 4.39 Å². The SMILES string of the molecule is CC.CC1CCC=C(F)C=C1Cl. The number of rotatable bonds is 0. The van der Waals surface area contributed by atoms with E-state index in [0.717, 1.165) is 12.8 Å². The van der Waals surface area contributed by atoms with E-state index in [0.29, 0.717) is 11.0 Å². The highest BCUT2D eigenvalue weighted by Crippen LogP contribution is 2.25. The topological polar surface area (TPSA) is 0 Å². The fraction of sp³-hybridized carbons (Fsp3) is 0.600. The first-order valence-corrected chi connectivity index (χ1v) is 4.80. The van der Waals surface area contributed by atoms with Crippen LogP contribution in [0.15, 0.2) is 23.0 Å². The Kier molecular flexibility index (Phi) is 6.09. The second kappa shape index (κ2) is 6.24. The summed E-state index contributed by atoms with van der Waals surface area (Å²) in [5.41, 5.74) is 0. The smallest absolute Gasteiger partial charge is 0.120 e. The van der Waals surface area contributed by atoms with Crippen molar-refractivity contribution in [1.29, 1.82) is 0 Å². The van der Waals surface area contributed by atoms with Crippen LogP contribution in [0.5, 0.6) is 0 Å². The van der Waals surface area contributed by atoms with Crippen molar-refractivity contribution in [2.75, 3.05) is 0 Å². The maximum atomic E-state index is 12.6. The molecule has 1 aliphatic carbocycles. The minimum atomic E-state index is -0.200. The van der Waals surface area contributed by atoms with E-state index in [4.69, 9.17) is 11.6 Å². The van der Waals surface area contributed by atoms with E-state index in [2.05, 4.69) is 0 Å². The summed E-state index contributed by atoms with van der Waals surface area (Å²) in [6.07, 6.45) is 4.72. The summed E-state index contributed by atoms with van der Waals surface area (Å²) in [7, 11) is 0. The average molecular weight is 191 g/mol. The van der Waals surface area contributed by atoms with Crippen LogP contribution in [0.25, 0.3) is 0 Å². The van der Waals surface area contributed by atoms with Gasteiger partial charge in [0.05, 0.1) is 0 Å². The predicted octanol–water partition coefficient (Wildman–Crippen LogP) is 4.42. The van der Waals surface area contributed by atoms with E-state index in [-0.39, 0.29) is 5.83 Å². The van der Waals surface area contributed by atoms with Crippen LogP contribution in [-0.4, -0.2) is 0 Å². The maximum Gasteiger partial charge on any atom is 0.120 e. The van der Waals surface area contributed by atoms with Gasteiger partial charge in [-0.3, -0.25) is 0 Å². The zero-order valence-corrected chi connectivity index (χ0v) is 8.66. The molecule has 0 spiro atoms. The van der Waals surface area contributed by atoms with Crippen molar-refractivity contribution >= 4 is 11.6 Å². The van der Waals surface area contributed by atoms with E-state index in [1.165, 1.54) is 6.08 Å². The van der Waals surface area contributed by atoms with E-state index in [9.17, 15) is 4.39 Å². The molecule has 1 atom stereocenters. The fourth-order valence-corrected chi connectivity index (χ4v) is 1.16. The molecule has 1 rings (SSSR count). The van der Waals surface area contributed by atoms with Crippen LogP contribution in [0.1, 0.15) is 33.6 Å². The molecular weight excluding hydrogens is 175 g/mol. The van der Waals surface area contributed by atoms with Crippen LogP contribution in [0.4, 0.5) is 4.39 Å². The van der Waals surface area contributed by atoms with Gasteiger partial charge in [0.2, 0.25) is 0 Å². The van der Waals surface area contributed by atoms with Crippen molar-refractivity contribution in [2.24, 2.45) is 5.92 Å². The summed E-state index contributed by atoms with van der Waals surface area (Å²) in [4.78, 5) is 0. The van der Waals surface area contributed by atoms with Gasteiger partial charge >= 0.3 is 0 Å². The Bertz CT molecular complexity index is 182. The van der Waals surface area contributed by atoms with Gasteiger partial charge in [0, 0.05) is 5.03 Å². The lowest BCUT2D eigenvalue weighted by Gasteiger charge is -2.04. The average Bonchev–Trinajstić information content (AvgIpc) is 2.19. The maximum absolute atomic E-state index is 12.6. The van der Waals surface area contributed by atoms with Crippen molar-refractivity contribution in [1.82, 2.24) is 0 Å². The van der Waals surface area contributed by atoms with Gasteiger partial charge in [0.1, 0.15) is 5.83 Å². The standard InChI is InChI=1S/C8H10ClF.C2H6/c1-6-3-2-4-7(10)5-8(6)9;1-2/h4-6H,2-3H2,1H3;1-2H3. The van der Waals surface area contributed by atoms with Crippen molar-refractivity contribution in [2.45, 2.75) is 33.6 Å². The highest BCUT2D eigenvalue weighted by Gasteiger charge is 2.09. The molecule has 0 saturated carbocycles. The minimum absolute atomic E-state index is 0.200. The number of allylic oxidation sites excluding steroid dienone is 4. The Morgan fingerprint density at radius 2 is 2.08 bits per heavy atom. The summed E-state index contributed by atoms with van der Waals surface area (Å²) < 4.78 is 12.6. The summed E-state index contributed by atoms with van der Waals surface area (Å²) in [6.45, 7) is 6.01. The molecule has 0 aromatic carbocycles. The van der Waals surface area contributed by atoms with Gasteiger partial charge in [-0.15, -0.1) is 0 Å². The molecule has 70 valence electrons. The largest absolute Gasteiger partial charge is 0.207 e. The third kappa shape index (κ3) is 3.91. The Balaban J connectivity index is 0.000000561. The molecule has 12 heavy (non-hydrogen) atoms. The summed E-state index contributed by atoms with van der Waals surface area (Å²) >= 11 is 5.75. The van der Waals surface area contributed by atoms with Gasteiger partial charge in [-0.05, 0) is 30.9 Å². The highest BCUT2D eigenvalue weighted by molar-refractivity contribution is 6.30. The summed E-state index contributed by atoms with van der Waals surface area (Å²) in [5, 5.41) is 0.631. The molecule has 2 heteroatoms. The summed E-state index contributed by atoms with van der Waals surface area (Å²) in [5.74, 6) is 0.112. The van der Waals surface area contributed by atoms with Crippen molar-refractivity contribution in [3.05, 3.63) is 23.0 Å². The normalized spacial score (nSPS) is 22.9. The van der Waals surface area contributed by atoms with Crippen LogP contribution < -0.4 is 0 Å². The van der Waals surface area contributed by atoms with Crippen molar-refractivity contribution in [3.8, 4) is 0 Å². The third-order valence-corrected chi connectivity index (χ3v) is 2.17. The quantitative estimate of drug-likeness (QED) is 0.531. The lowest BCUT2D eigenvalue weighted by Crippen LogP contribution is -1.90. The third-order valence-electron chi connectivity index (χ3n) is 1.69. The lowest BCUT2D eigenvalue weighted by molar-refractivity contribution is 0.646. The van der Waals surface area contributed by atoms with Gasteiger partial charge < -0.3 is 0 Å². The van der Waals surface area contributed by atoms with E-state index in [1.807, 2.05) is 20.8 Å². The Morgan fingerprint density at radius 3 is 2.67 bits per heavy atom. The molecule has 0 radical (unpaired) electrons. The molecule has 1 aliphatic rings. The van der Waals surface area contributed by atoms with Crippen LogP contribution in [-0.2, 0) is 0 Å². The highest BCUT2D eigenvalue weighted by atomic mass is 35.5. The number of hydrogen-bond acceptors (Lipinski definition) is 0. The Hall–Kier alpha value is -0.300. The molecule has 0 bridgehead atoms. The van der Waals surface area contributed by atoms with Crippen molar-refractivity contribution in [3.63, 3.8) is 0 Å². The molecule has 0 fully saturated rings. The molecule has 0 saturated heterocycles. The van der Waals surface area contributed by atoms with Crippen LogP contribution >= 0.6 is 11.6 Å².